The van der Waals surface area contributed by atoms with Crippen LogP contribution in [0.1, 0.15) is 16.8 Å². The molecule has 0 aliphatic heterocycles. The quantitative estimate of drug-likeness (QED) is 0.839. The number of fused-ring (bicyclic) bond motifs is 1. The number of aromatic carboxylic acids is 1. The van der Waals surface area contributed by atoms with E-state index in [0.29, 0.717) is 18.5 Å². The van der Waals surface area contributed by atoms with E-state index in [4.69, 9.17) is 5.11 Å². The van der Waals surface area contributed by atoms with Crippen LogP contribution in [-0.4, -0.2) is 33.6 Å². The van der Waals surface area contributed by atoms with E-state index < -0.39 is 5.97 Å². The Kier molecular flexibility index (Phi) is 3.27. The fourth-order valence-corrected chi connectivity index (χ4v) is 1.72. The van der Waals surface area contributed by atoms with Crippen LogP contribution in [0.2, 0.25) is 0 Å². The summed E-state index contributed by atoms with van der Waals surface area (Å²) in [4.78, 5) is 26.1. The van der Waals surface area contributed by atoms with Gasteiger partial charge in [-0.1, -0.05) is 0 Å². The van der Waals surface area contributed by atoms with E-state index in [0.717, 1.165) is 5.52 Å². The lowest BCUT2D eigenvalue weighted by molar-refractivity contribution is -0.120. The van der Waals surface area contributed by atoms with Gasteiger partial charge in [0.25, 0.3) is 0 Å². The zero-order chi connectivity index (χ0) is 13.1. The van der Waals surface area contributed by atoms with Gasteiger partial charge < -0.3 is 15.0 Å². The summed E-state index contributed by atoms with van der Waals surface area (Å²) in [6, 6.07) is 4.76. The highest BCUT2D eigenvalue weighted by Crippen LogP contribution is 2.15. The van der Waals surface area contributed by atoms with E-state index in [2.05, 4.69) is 10.3 Å². The smallest absolute Gasteiger partial charge is 0.335 e. The third kappa shape index (κ3) is 2.32. The Morgan fingerprint density at radius 1 is 1.44 bits per heavy atom. The molecule has 1 aromatic heterocycles. The van der Waals surface area contributed by atoms with Crippen molar-refractivity contribution in [3.63, 3.8) is 0 Å². The van der Waals surface area contributed by atoms with E-state index in [9.17, 15) is 9.59 Å². The van der Waals surface area contributed by atoms with Crippen LogP contribution in [-0.2, 0) is 11.3 Å². The Hall–Kier alpha value is -2.37. The second kappa shape index (κ2) is 4.87. The number of nitrogens with zero attached hydrogens (tertiary/aromatic N) is 2. The fraction of sp³-hybridized carbons (Fsp3) is 0.250. The first-order valence-corrected chi connectivity index (χ1v) is 5.50. The van der Waals surface area contributed by atoms with E-state index >= 15 is 0 Å². The Morgan fingerprint density at radius 2 is 2.22 bits per heavy atom. The number of carboxylic acid groups (broad SMARTS) is 1. The zero-order valence-corrected chi connectivity index (χ0v) is 9.88. The highest BCUT2D eigenvalue weighted by molar-refractivity contribution is 5.92. The summed E-state index contributed by atoms with van der Waals surface area (Å²) in [6.45, 7) is 0.516. The molecule has 0 bridgehead atoms. The zero-order valence-electron chi connectivity index (χ0n) is 9.88. The molecule has 94 valence electrons. The molecule has 0 aliphatic carbocycles. The molecule has 1 aromatic carbocycles. The van der Waals surface area contributed by atoms with E-state index in [1.807, 2.05) is 4.57 Å². The summed E-state index contributed by atoms with van der Waals surface area (Å²) in [5, 5.41) is 11.4. The van der Waals surface area contributed by atoms with Crippen molar-refractivity contribution in [2.75, 3.05) is 7.05 Å². The molecule has 0 aliphatic rings. The molecule has 18 heavy (non-hydrogen) atoms. The van der Waals surface area contributed by atoms with Crippen LogP contribution in [0.5, 0.6) is 0 Å². The Bertz CT molecular complexity index is 604. The van der Waals surface area contributed by atoms with Crippen LogP contribution in [0.25, 0.3) is 11.0 Å². The average Bonchev–Trinajstić information content (AvgIpc) is 2.78. The van der Waals surface area contributed by atoms with Gasteiger partial charge in [-0.2, -0.15) is 0 Å². The number of nitrogens with one attached hydrogen (secondary N) is 1. The minimum absolute atomic E-state index is 0.0426. The maximum absolute atomic E-state index is 11.2. The molecule has 0 unspecified atom stereocenters. The summed E-state index contributed by atoms with van der Waals surface area (Å²) in [7, 11) is 1.59. The number of carboxylic acids is 1. The summed E-state index contributed by atoms with van der Waals surface area (Å²) < 4.78 is 1.83. The van der Waals surface area contributed by atoms with Crippen molar-refractivity contribution >= 4 is 22.9 Å². The highest BCUT2D eigenvalue weighted by atomic mass is 16.4. The Morgan fingerprint density at radius 3 is 2.89 bits per heavy atom. The third-order valence-corrected chi connectivity index (χ3v) is 2.73. The van der Waals surface area contributed by atoms with Gasteiger partial charge in [0.15, 0.2) is 0 Å². The van der Waals surface area contributed by atoms with Gasteiger partial charge in [0.2, 0.25) is 5.91 Å². The molecule has 1 amide bonds. The summed E-state index contributed by atoms with van der Waals surface area (Å²) >= 11 is 0. The largest absolute Gasteiger partial charge is 0.478 e. The molecule has 0 spiro atoms. The second-order valence-corrected chi connectivity index (χ2v) is 3.87. The number of carbonyl (C=O) groups is 2. The monoisotopic (exact) mass is 247 g/mol. The first-order chi connectivity index (χ1) is 8.61. The maximum Gasteiger partial charge on any atom is 0.335 e. The van der Waals surface area contributed by atoms with Gasteiger partial charge in [-0.05, 0) is 18.2 Å². The molecule has 2 rings (SSSR count). The molecule has 0 saturated heterocycles. The van der Waals surface area contributed by atoms with Crippen molar-refractivity contribution in [2.24, 2.45) is 0 Å². The normalized spacial score (nSPS) is 10.5. The lowest BCUT2D eigenvalue weighted by Gasteiger charge is -2.03. The first kappa shape index (κ1) is 12.1. The Labute approximate surface area is 103 Å². The number of carbonyl (C=O) groups excluding carboxylic acids is 1. The molecule has 2 N–H and O–H groups in total. The van der Waals surface area contributed by atoms with Crippen molar-refractivity contribution < 1.29 is 14.7 Å². The molecule has 0 saturated carbocycles. The number of imidazole rings is 1. The van der Waals surface area contributed by atoms with Crippen LogP contribution in [0.15, 0.2) is 24.5 Å². The van der Waals surface area contributed by atoms with Crippen LogP contribution in [0.3, 0.4) is 0 Å². The molecule has 2 aromatic rings. The number of aromatic nitrogens is 2. The molecule has 0 fully saturated rings. The minimum Gasteiger partial charge on any atom is -0.478 e. The summed E-state index contributed by atoms with van der Waals surface area (Å²) in [5.41, 5.74) is 1.65. The van der Waals surface area contributed by atoms with Gasteiger partial charge in [0, 0.05) is 20.0 Å². The van der Waals surface area contributed by atoms with Crippen molar-refractivity contribution in [1.82, 2.24) is 14.9 Å². The average molecular weight is 247 g/mol. The van der Waals surface area contributed by atoms with Crippen molar-refractivity contribution in [1.29, 1.82) is 0 Å². The van der Waals surface area contributed by atoms with Gasteiger partial charge in [0.05, 0.1) is 22.9 Å². The van der Waals surface area contributed by atoms with Gasteiger partial charge in [-0.25, -0.2) is 9.78 Å². The predicted octanol–water partition coefficient (Wildman–Crippen LogP) is 0.871. The Balaban J connectivity index is 2.26. The molecular weight excluding hydrogens is 234 g/mol. The second-order valence-electron chi connectivity index (χ2n) is 3.87. The maximum atomic E-state index is 11.2. The molecule has 0 atom stereocenters. The number of rotatable bonds is 4. The number of hydrogen-bond donors (Lipinski definition) is 2. The number of aryl methyl sites for hydroxylation is 1. The number of hydrogen-bond acceptors (Lipinski definition) is 3. The van der Waals surface area contributed by atoms with Crippen molar-refractivity contribution in [3.05, 3.63) is 30.1 Å². The number of amides is 1. The molecule has 6 nitrogen and oxygen atoms in total. The number of benzene rings is 1. The van der Waals surface area contributed by atoms with Crippen LogP contribution in [0, 0.1) is 0 Å². The van der Waals surface area contributed by atoms with Crippen molar-refractivity contribution in [2.45, 2.75) is 13.0 Å². The van der Waals surface area contributed by atoms with Gasteiger partial charge in [-0.15, -0.1) is 0 Å². The molecular formula is C12H13N3O3. The van der Waals surface area contributed by atoms with E-state index in [-0.39, 0.29) is 11.5 Å². The lowest BCUT2D eigenvalue weighted by atomic mass is 10.2. The summed E-state index contributed by atoms with van der Waals surface area (Å²) in [6.07, 6.45) is 1.97. The fourth-order valence-electron chi connectivity index (χ4n) is 1.72. The van der Waals surface area contributed by atoms with Gasteiger partial charge in [0.1, 0.15) is 0 Å². The first-order valence-electron chi connectivity index (χ1n) is 5.50. The SMILES string of the molecule is CNC(=O)CCn1cnc2cc(C(=O)O)ccc21. The molecule has 6 heteroatoms. The van der Waals surface area contributed by atoms with E-state index in [1.165, 1.54) is 12.1 Å². The molecule has 1 heterocycles. The lowest BCUT2D eigenvalue weighted by Crippen LogP contribution is -2.19. The standard InChI is InChI=1S/C12H13N3O3/c1-13-11(16)4-5-15-7-14-9-6-8(12(17)18)2-3-10(9)15/h2-3,6-7H,4-5H2,1H3,(H,13,16)(H,17,18). The third-order valence-electron chi connectivity index (χ3n) is 2.73. The van der Waals surface area contributed by atoms with E-state index in [1.54, 1.807) is 19.4 Å². The topological polar surface area (TPSA) is 84.2 Å². The van der Waals surface area contributed by atoms with Crippen LogP contribution >= 0.6 is 0 Å². The summed E-state index contributed by atoms with van der Waals surface area (Å²) in [5.74, 6) is -1.02. The van der Waals surface area contributed by atoms with Gasteiger partial charge in [-0.3, -0.25) is 4.79 Å². The molecule has 0 radical (unpaired) electrons. The highest BCUT2D eigenvalue weighted by Gasteiger charge is 2.08. The predicted molar refractivity (Wildman–Crippen MR) is 65.4 cm³/mol. The van der Waals surface area contributed by atoms with Gasteiger partial charge >= 0.3 is 5.97 Å². The van der Waals surface area contributed by atoms with Crippen LogP contribution in [0.4, 0.5) is 0 Å². The van der Waals surface area contributed by atoms with Crippen LogP contribution < -0.4 is 5.32 Å². The van der Waals surface area contributed by atoms with Crippen molar-refractivity contribution in [3.8, 4) is 0 Å². The minimum atomic E-state index is -0.975.